The number of ketones is 1. The van der Waals surface area contributed by atoms with Crippen LogP contribution in [-0.2, 0) is 4.74 Å². The predicted molar refractivity (Wildman–Crippen MR) is 86.0 cm³/mol. The molecule has 0 saturated heterocycles. The van der Waals surface area contributed by atoms with Crippen molar-refractivity contribution in [3.8, 4) is 0 Å². The van der Waals surface area contributed by atoms with E-state index in [0.717, 1.165) is 24.2 Å². The van der Waals surface area contributed by atoms with E-state index in [-0.39, 0.29) is 18.1 Å². The quantitative estimate of drug-likeness (QED) is 0.620. The topological polar surface area (TPSA) is 61.2 Å². The average Bonchev–Trinajstić information content (AvgIpc) is 3.30. The molecule has 0 aromatic carbocycles. The van der Waals surface area contributed by atoms with E-state index in [2.05, 4.69) is 9.55 Å². The molecule has 1 aliphatic rings. The largest absolute Gasteiger partial charge is 0.453 e. The van der Waals surface area contributed by atoms with Gasteiger partial charge in [-0.05, 0) is 44.9 Å². The summed E-state index contributed by atoms with van der Waals surface area (Å²) < 4.78 is 7.25. The van der Waals surface area contributed by atoms with Crippen LogP contribution in [-0.4, -0.2) is 27.9 Å². The van der Waals surface area contributed by atoms with Crippen LogP contribution >= 0.6 is 11.6 Å². The molecule has 0 amide bonds. The number of rotatable bonds is 5. The van der Waals surface area contributed by atoms with Crippen LogP contribution in [0.5, 0.6) is 0 Å². The molecular formula is C17H17ClN2O3. The standard InChI is InChI=1S/C17H17ClN2O3/c1-10-7-14(11(2)20(10)13-3-4-13)16(21)9-23-17(22)15-8-12(18)5-6-19-15/h5-8,13H,3-4,9H2,1-2H3. The number of carbonyl (C=O) groups excluding carboxylic acids is 2. The Morgan fingerprint density at radius 3 is 2.74 bits per heavy atom. The van der Waals surface area contributed by atoms with Gasteiger partial charge in [0.05, 0.1) is 0 Å². The number of halogens is 1. The van der Waals surface area contributed by atoms with Crippen molar-refractivity contribution < 1.29 is 14.3 Å². The highest BCUT2D eigenvalue weighted by Gasteiger charge is 2.28. The van der Waals surface area contributed by atoms with Crippen molar-refractivity contribution in [2.45, 2.75) is 32.7 Å². The number of hydrogen-bond donors (Lipinski definition) is 0. The van der Waals surface area contributed by atoms with E-state index in [0.29, 0.717) is 16.6 Å². The summed E-state index contributed by atoms with van der Waals surface area (Å²) in [5.74, 6) is -0.864. The van der Waals surface area contributed by atoms with Crippen LogP contribution in [0.1, 0.15) is 51.1 Å². The van der Waals surface area contributed by atoms with E-state index in [1.54, 1.807) is 6.07 Å². The van der Waals surface area contributed by atoms with Gasteiger partial charge in [0.1, 0.15) is 5.69 Å². The monoisotopic (exact) mass is 332 g/mol. The second kappa shape index (κ2) is 6.16. The number of esters is 1. The van der Waals surface area contributed by atoms with Gasteiger partial charge in [-0.15, -0.1) is 0 Å². The first kappa shape index (κ1) is 15.7. The van der Waals surface area contributed by atoms with Crippen LogP contribution in [0.4, 0.5) is 0 Å². The second-order valence-electron chi connectivity index (χ2n) is 5.74. The van der Waals surface area contributed by atoms with Crippen molar-refractivity contribution in [1.29, 1.82) is 0 Å². The lowest BCUT2D eigenvalue weighted by Gasteiger charge is -2.08. The molecular weight excluding hydrogens is 316 g/mol. The zero-order chi connectivity index (χ0) is 16.6. The average molecular weight is 333 g/mol. The summed E-state index contributed by atoms with van der Waals surface area (Å²) in [5, 5.41) is 0.395. The lowest BCUT2D eigenvalue weighted by atomic mass is 10.1. The molecule has 1 fully saturated rings. The molecule has 0 atom stereocenters. The third-order valence-electron chi connectivity index (χ3n) is 3.96. The van der Waals surface area contributed by atoms with E-state index in [9.17, 15) is 9.59 Å². The maximum absolute atomic E-state index is 12.3. The molecule has 2 aromatic heterocycles. The van der Waals surface area contributed by atoms with Gasteiger partial charge in [-0.2, -0.15) is 0 Å². The number of aromatic nitrogens is 2. The molecule has 3 rings (SSSR count). The van der Waals surface area contributed by atoms with Crippen LogP contribution in [0.15, 0.2) is 24.4 Å². The van der Waals surface area contributed by atoms with Gasteiger partial charge in [0.15, 0.2) is 6.61 Å². The molecule has 0 bridgehead atoms. The number of ether oxygens (including phenoxy) is 1. The Morgan fingerprint density at radius 2 is 2.09 bits per heavy atom. The van der Waals surface area contributed by atoms with Gasteiger partial charge in [0.25, 0.3) is 0 Å². The third kappa shape index (κ3) is 3.29. The van der Waals surface area contributed by atoms with Gasteiger partial charge >= 0.3 is 5.97 Å². The first-order chi connectivity index (χ1) is 11.0. The Kier molecular flexibility index (Phi) is 4.22. The van der Waals surface area contributed by atoms with Crippen molar-refractivity contribution in [3.63, 3.8) is 0 Å². The first-order valence-corrected chi connectivity index (χ1v) is 7.85. The number of hydrogen-bond acceptors (Lipinski definition) is 4. The van der Waals surface area contributed by atoms with E-state index >= 15 is 0 Å². The van der Waals surface area contributed by atoms with Crippen molar-refractivity contribution in [3.05, 3.63) is 52.1 Å². The van der Waals surface area contributed by atoms with E-state index in [1.165, 1.54) is 12.3 Å². The Morgan fingerprint density at radius 1 is 1.35 bits per heavy atom. The Bertz CT molecular complexity index is 778. The highest BCUT2D eigenvalue weighted by atomic mass is 35.5. The minimum Gasteiger partial charge on any atom is -0.453 e. The second-order valence-corrected chi connectivity index (χ2v) is 6.18. The van der Waals surface area contributed by atoms with Gasteiger partial charge in [0.2, 0.25) is 5.78 Å². The number of nitrogens with zero attached hydrogens (tertiary/aromatic N) is 2. The molecule has 0 spiro atoms. The Balaban J connectivity index is 1.68. The molecule has 1 saturated carbocycles. The molecule has 6 heteroatoms. The summed E-state index contributed by atoms with van der Waals surface area (Å²) in [6, 6.07) is 5.35. The Hall–Kier alpha value is -2.14. The van der Waals surface area contributed by atoms with Gasteiger partial charge in [-0.25, -0.2) is 9.78 Å². The minimum atomic E-state index is -0.656. The molecule has 0 radical (unpaired) electrons. The summed E-state index contributed by atoms with van der Waals surface area (Å²) in [7, 11) is 0. The van der Waals surface area contributed by atoms with Crippen LogP contribution in [0.3, 0.4) is 0 Å². The smallest absolute Gasteiger partial charge is 0.357 e. The number of pyridine rings is 1. The molecule has 5 nitrogen and oxygen atoms in total. The van der Waals surface area contributed by atoms with Crippen molar-refractivity contribution in [2.75, 3.05) is 6.61 Å². The van der Waals surface area contributed by atoms with Crippen LogP contribution in [0.2, 0.25) is 5.02 Å². The number of Topliss-reactive ketones (excluding diaryl/α,β-unsaturated/α-hetero) is 1. The molecule has 0 aliphatic heterocycles. The van der Waals surface area contributed by atoms with Crippen molar-refractivity contribution in [1.82, 2.24) is 9.55 Å². The summed E-state index contributed by atoms with van der Waals surface area (Å²) in [6.45, 7) is 3.62. The molecule has 2 heterocycles. The fourth-order valence-corrected chi connectivity index (χ4v) is 2.91. The normalized spacial score (nSPS) is 13.9. The molecule has 0 N–H and O–H groups in total. The number of aryl methyl sites for hydroxylation is 1. The van der Waals surface area contributed by atoms with Gasteiger partial charge in [0, 0.05) is 34.2 Å². The van der Waals surface area contributed by atoms with Gasteiger partial charge in [-0.3, -0.25) is 4.79 Å². The van der Waals surface area contributed by atoms with E-state index in [4.69, 9.17) is 16.3 Å². The Labute approximate surface area is 139 Å². The molecule has 23 heavy (non-hydrogen) atoms. The fraction of sp³-hybridized carbons (Fsp3) is 0.353. The predicted octanol–water partition coefficient (Wildman–Crippen LogP) is 3.53. The van der Waals surface area contributed by atoms with E-state index in [1.807, 2.05) is 19.9 Å². The zero-order valence-electron chi connectivity index (χ0n) is 13.0. The first-order valence-electron chi connectivity index (χ1n) is 7.47. The lowest BCUT2D eigenvalue weighted by Crippen LogP contribution is -2.15. The minimum absolute atomic E-state index is 0.0914. The van der Waals surface area contributed by atoms with Gasteiger partial charge in [-0.1, -0.05) is 11.6 Å². The third-order valence-corrected chi connectivity index (χ3v) is 4.20. The molecule has 0 unspecified atom stereocenters. The SMILES string of the molecule is Cc1cc(C(=O)COC(=O)c2cc(Cl)ccn2)c(C)n1C1CC1. The highest BCUT2D eigenvalue weighted by molar-refractivity contribution is 6.30. The van der Waals surface area contributed by atoms with Crippen molar-refractivity contribution in [2.24, 2.45) is 0 Å². The van der Waals surface area contributed by atoms with Crippen LogP contribution < -0.4 is 0 Å². The zero-order valence-corrected chi connectivity index (χ0v) is 13.8. The summed E-state index contributed by atoms with van der Waals surface area (Å²) in [6.07, 6.45) is 3.73. The number of carbonyl (C=O) groups is 2. The maximum atomic E-state index is 12.3. The summed E-state index contributed by atoms with van der Waals surface area (Å²) in [5.41, 5.74) is 2.71. The van der Waals surface area contributed by atoms with Gasteiger partial charge < -0.3 is 9.30 Å². The highest BCUT2D eigenvalue weighted by Crippen LogP contribution is 2.38. The molecule has 1 aliphatic carbocycles. The fourth-order valence-electron chi connectivity index (χ4n) is 2.75. The molecule has 2 aromatic rings. The molecule has 120 valence electrons. The summed E-state index contributed by atoms with van der Waals surface area (Å²) in [4.78, 5) is 28.1. The van der Waals surface area contributed by atoms with Crippen molar-refractivity contribution >= 4 is 23.4 Å². The summed E-state index contributed by atoms with van der Waals surface area (Å²) >= 11 is 5.81. The maximum Gasteiger partial charge on any atom is 0.357 e. The van der Waals surface area contributed by atoms with Crippen LogP contribution in [0.25, 0.3) is 0 Å². The lowest BCUT2D eigenvalue weighted by molar-refractivity contribution is 0.0468. The van der Waals surface area contributed by atoms with Crippen LogP contribution in [0, 0.1) is 13.8 Å². The van der Waals surface area contributed by atoms with E-state index < -0.39 is 5.97 Å².